The Hall–Kier alpha value is -2.19. The predicted molar refractivity (Wildman–Crippen MR) is 79.7 cm³/mol. The van der Waals surface area contributed by atoms with E-state index in [9.17, 15) is 9.59 Å². The number of nitrogens with zero attached hydrogens (tertiary/aromatic N) is 1. The van der Waals surface area contributed by atoms with Gasteiger partial charge in [0.25, 0.3) is 0 Å². The minimum atomic E-state index is -0.398. The van der Waals surface area contributed by atoms with Crippen LogP contribution in [0.4, 0.5) is 11.4 Å². The molecular weight excluding hydrogens is 268 g/mol. The van der Waals surface area contributed by atoms with Crippen molar-refractivity contribution >= 4 is 23.1 Å². The van der Waals surface area contributed by atoms with Crippen molar-refractivity contribution in [2.75, 3.05) is 11.9 Å². The maximum atomic E-state index is 11.9. The zero-order chi connectivity index (χ0) is 15.6. The van der Waals surface area contributed by atoms with Crippen LogP contribution in [-0.4, -0.2) is 23.9 Å². The molecule has 1 aliphatic rings. The van der Waals surface area contributed by atoms with E-state index in [0.29, 0.717) is 24.1 Å². The number of aryl methyl sites for hydroxylation is 1. The molecule has 0 aliphatic heterocycles. The minimum Gasteiger partial charge on any atom is -0.366 e. The molecule has 21 heavy (non-hydrogen) atoms. The fourth-order valence-electron chi connectivity index (χ4n) is 2.14. The number of fused-ring (bicyclic) bond motifs is 1. The SMILES string of the molecule is [C-]#[N+]c1cc2c(cc1NC(=O)COC(C)(C)C)CCC2=O. The van der Waals surface area contributed by atoms with Gasteiger partial charge in [0.2, 0.25) is 11.6 Å². The molecule has 1 aromatic carbocycles. The van der Waals surface area contributed by atoms with E-state index in [2.05, 4.69) is 10.2 Å². The number of amides is 1. The molecule has 0 bridgehead atoms. The lowest BCUT2D eigenvalue weighted by Crippen LogP contribution is -2.27. The van der Waals surface area contributed by atoms with Gasteiger partial charge >= 0.3 is 0 Å². The zero-order valence-corrected chi connectivity index (χ0v) is 12.4. The van der Waals surface area contributed by atoms with Gasteiger partial charge in [0.1, 0.15) is 6.61 Å². The Morgan fingerprint density at radius 1 is 1.38 bits per heavy atom. The number of benzene rings is 1. The third-order valence-corrected chi connectivity index (χ3v) is 3.17. The zero-order valence-electron chi connectivity index (χ0n) is 12.4. The maximum Gasteiger partial charge on any atom is 0.249 e. The molecule has 0 saturated heterocycles. The Morgan fingerprint density at radius 2 is 2.10 bits per heavy atom. The van der Waals surface area contributed by atoms with Gasteiger partial charge in [0.15, 0.2) is 5.78 Å². The van der Waals surface area contributed by atoms with E-state index in [-0.39, 0.29) is 24.0 Å². The average molecular weight is 286 g/mol. The summed E-state index contributed by atoms with van der Waals surface area (Å²) in [4.78, 5) is 26.9. The Kier molecular flexibility index (Phi) is 4.10. The maximum absolute atomic E-state index is 11.9. The third kappa shape index (κ3) is 3.67. The molecule has 0 unspecified atom stereocenters. The topological polar surface area (TPSA) is 59.8 Å². The molecule has 1 N–H and O–H groups in total. The van der Waals surface area contributed by atoms with Crippen LogP contribution in [0.15, 0.2) is 12.1 Å². The van der Waals surface area contributed by atoms with Crippen LogP contribution in [0.2, 0.25) is 0 Å². The fraction of sp³-hybridized carbons (Fsp3) is 0.438. The summed E-state index contributed by atoms with van der Waals surface area (Å²) < 4.78 is 5.40. The second-order valence-corrected chi connectivity index (χ2v) is 6.01. The number of nitrogens with one attached hydrogen (secondary N) is 1. The highest BCUT2D eigenvalue weighted by Crippen LogP contribution is 2.33. The second kappa shape index (κ2) is 5.66. The van der Waals surface area contributed by atoms with Gasteiger partial charge < -0.3 is 10.1 Å². The molecule has 1 amide bonds. The number of ketones is 1. The molecule has 1 aliphatic carbocycles. The van der Waals surface area contributed by atoms with Gasteiger partial charge in [0.05, 0.1) is 12.2 Å². The van der Waals surface area contributed by atoms with Gasteiger partial charge in [-0.25, -0.2) is 4.85 Å². The number of anilines is 1. The Bertz CT molecular complexity index is 636. The minimum absolute atomic E-state index is 0.0591. The van der Waals surface area contributed by atoms with Crippen molar-refractivity contribution < 1.29 is 14.3 Å². The summed E-state index contributed by atoms with van der Waals surface area (Å²) >= 11 is 0. The van der Waals surface area contributed by atoms with Crippen molar-refractivity contribution in [1.29, 1.82) is 0 Å². The highest BCUT2D eigenvalue weighted by atomic mass is 16.5. The lowest BCUT2D eigenvalue weighted by atomic mass is 10.1. The Balaban J connectivity index is 2.16. The van der Waals surface area contributed by atoms with Crippen molar-refractivity contribution in [2.24, 2.45) is 0 Å². The molecule has 5 heteroatoms. The number of carbonyl (C=O) groups is 2. The lowest BCUT2D eigenvalue weighted by molar-refractivity contribution is -0.125. The Labute approximate surface area is 124 Å². The number of hydrogen-bond donors (Lipinski definition) is 1. The van der Waals surface area contributed by atoms with E-state index in [0.717, 1.165) is 5.56 Å². The first-order valence-electron chi connectivity index (χ1n) is 6.81. The summed E-state index contributed by atoms with van der Waals surface area (Å²) in [6.07, 6.45) is 1.13. The van der Waals surface area contributed by atoms with E-state index in [4.69, 9.17) is 11.3 Å². The molecule has 1 aromatic rings. The smallest absolute Gasteiger partial charge is 0.249 e. The van der Waals surface area contributed by atoms with Crippen LogP contribution in [0.25, 0.3) is 4.85 Å². The number of ether oxygens (including phenoxy) is 1. The molecule has 0 fully saturated rings. The first-order chi connectivity index (χ1) is 9.80. The highest BCUT2D eigenvalue weighted by Gasteiger charge is 2.22. The van der Waals surface area contributed by atoms with Gasteiger partial charge in [-0.1, -0.05) is 0 Å². The van der Waals surface area contributed by atoms with Crippen molar-refractivity contribution in [3.05, 3.63) is 34.7 Å². The Morgan fingerprint density at radius 3 is 2.71 bits per heavy atom. The van der Waals surface area contributed by atoms with Crippen LogP contribution in [0.3, 0.4) is 0 Å². The molecule has 5 nitrogen and oxygen atoms in total. The summed E-state index contributed by atoms with van der Waals surface area (Å²) in [5, 5.41) is 2.69. The largest absolute Gasteiger partial charge is 0.366 e. The molecule has 2 rings (SSSR count). The van der Waals surface area contributed by atoms with Gasteiger partial charge in [-0.2, -0.15) is 0 Å². The highest BCUT2D eigenvalue weighted by molar-refractivity contribution is 6.04. The van der Waals surface area contributed by atoms with Crippen molar-refractivity contribution in [1.82, 2.24) is 0 Å². The van der Waals surface area contributed by atoms with Gasteiger partial charge in [0, 0.05) is 17.7 Å². The molecular formula is C16H18N2O3. The summed E-state index contributed by atoms with van der Waals surface area (Å²) in [5.74, 6) is -0.247. The quantitative estimate of drug-likeness (QED) is 0.868. The second-order valence-electron chi connectivity index (χ2n) is 6.01. The molecule has 0 saturated carbocycles. The van der Waals surface area contributed by atoms with E-state index >= 15 is 0 Å². The first-order valence-corrected chi connectivity index (χ1v) is 6.81. The molecule has 0 aromatic heterocycles. The van der Waals surface area contributed by atoms with Crippen LogP contribution < -0.4 is 5.32 Å². The van der Waals surface area contributed by atoms with E-state index in [1.807, 2.05) is 20.8 Å². The van der Waals surface area contributed by atoms with Gasteiger partial charge in [-0.05, 0) is 44.9 Å². The number of rotatable bonds is 3. The molecule has 0 spiro atoms. The van der Waals surface area contributed by atoms with Crippen molar-refractivity contribution in [3.63, 3.8) is 0 Å². The first kappa shape index (κ1) is 15.2. The summed E-state index contributed by atoms with van der Waals surface area (Å²) in [5.41, 5.74) is 1.82. The summed E-state index contributed by atoms with van der Waals surface area (Å²) in [6.45, 7) is 12.7. The van der Waals surface area contributed by atoms with E-state index < -0.39 is 5.60 Å². The predicted octanol–water partition coefficient (Wildman–Crippen LogP) is 3.12. The monoisotopic (exact) mass is 286 g/mol. The van der Waals surface area contributed by atoms with Crippen LogP contribution in [-0.2, 0) is 16.0 Å². The summed E-state index contributed by atoms with van der Waals surface area (Å²) in [7, 11) is 0. The lowest BCUT2D eigenvalue weighted by Gasteiger charge is -2.19. The molecule has 0 radical (unpaired) electrons. The summed E-state index contributed by atoms with van der Waals surface area (Å²) in [6, 6.07) is 3.29. The van der Waals surface area contributed by atoms with Crippen molar-refractivity contribution in [3.8, 4) is 0 Å². The van der Waals surface area contributed by atoms with Crippen LogP contribution in [0.5, 0.6) is 0 Å². The molecule has 110 valence electrons. The van der Waals surface area contributed by atoms with E-state index in [1.165, 1.54) is 0 Å². The molecule has 0 heterocycles. The standard InChI is InChI=1S/C16H18N2O3/c1-16(2,3)21-9-15(20)18-13-7-10-5-6-14(19)11(10)8-12(13)17-4/h7-8H,5-6,9H2,1-3H3,(H,18,20). The van der Waals surface area contributed by atoms with E-state index in [1.54, 1.807) is 12.1 Å². The normalized spacial score (nSPS) is 13.7. The van der Waals surface area contributed by atoms with Gasteiger partial charge in [-0.3, -0.25) is 9.59 Å². The average Bonchev–Trinajstić information content (AvgIpc) is 2.76. The number of hydrogen-bond acceptors (Lipinski definition) is 3. The van der Waals surface area contributed by atoms with Crippen molar-refractivity contribution in [2.45, 2.75) is 39.2 Å². The van der Waals surface area contributed by atoms with Crippen LogP contribution in [0, 0.1) is 6.57 Å². The van der Waals surface area contributed by atoms with Crippen LogP contribution >= 0.6 is 0 Å². The fourth-order valence-corrected chi connectivity index (χ4v) is 2.14. The van der Waals surface area contributed by atoms with Gasteiger partial charge in [-0.15, -0.1) is 0 Å². The van der Waals surface area contributed by atoms with Crippen LogP contribution in [0.1, 0.15) is 43.1 Å². The third-order valence-electron chi connectivity index (χ3n) is 3.17. The number of carbonyl (C=O) groups excluding carboxylic acids is 2. The molecule has 0 atom stereocenters. The number of Topliss-reactive ketones (excluding diaryl/α,β-unsaturated/α-hetero) is 1.